The molecule has 0 saturated heterocycles. The van der Waals surface area contributed by atoms with E-state index in [4.69, 9.17) is 11.6 Å². The van der Waals surface area contributed by atoms with Crippen LogP contribution < -0.4 is 11.0 Å². The molecule has 0 spiro atoms. The number of alkyl halides is 1. The van der Waals surface area contributed by atoms with Gasteiger partial charge < -0.3 is 5.32 Å². The van der Waals surface area contributed by atoms with Crippen molar-refractivity contribution in [3.63, 3.8) is 0 Å². The van der Waals surface area contributed by atoms with Crippen molar-refractivity contribution < 1.29 is 0 Å². The van der Waals surface area contributed by atoms with Crippen LogP contribution in [-0.2, 0) is 0 Å². The summed E-state index contributed by atoms with van der Waals surface area (Å²) >= 11 is 6.10. The Kier molecular flexibility index (Phi) is 3.18. The number of H-pyrrole nitrogens is 1. The minimum Gasteiger partial charge on any atom is -0.368 e. The van der Waals surface area contributed by atoms with Crippen LogP contribution in [0.15, 0.2) is 16.9 Å². The summed E-state index contributed by atoms with van der Waals surface area (Å²) in [6, 6.07) is 3.59. The molecule has 2 N–H and O–H groups in total. The zero-order chi connectivity index (χ0) is 13.3. The molecule has 2 heterocycles. The van der Waals surface area contributed by atoms with Crippen LogP contribution in [0.5, 0.6) is 0 Å². The van der Waals surface area contributed by atoms with E-state index in [-0.39, 0.29) is 11.1 Å². The van der Waals surface area contributed by atoms with Crippen molar-refractivity contribution in [2.75, 3.05) is 17.7 Å². The molecule has 1 aliphatic rings. The van der Waals surface area contributed by atoms with Crippen molar-refractivity contribution in [3.05, 3.63) is 22.6 Å². The highest BCUT2D eigenvalue weighted by Gasteiger charge is 2.32. The Morgan fingerprint density at radius 2 is 2.21 bits per heavy atom. The smallest absolute Gasteiger partial charge is 0.364 e. The van der Waals surface area contributed by atoms with E-state index in [1.807, 2.05) is 6.07 Å². The van der Waals surface area contributed by atoms with E-state index >= 15 is 0 Å². The summed E-state index contributed by atoms with van der Waals surface area (Å²) in [4.78, 5) is 11.4. The Labute approximate surface area is 115 Å². The third-order valence-electron chi connectivity index (χ3n) is 3.87. The number of aromatic amines is 1. The summed E-state index contributed by atoms with van der Waals surface area (Å²) in [6.45, 7) is 0.793. The summed E-state index contributed by atoms with van der Waals surface area (Å²) in [6.07, 6.45) is 4.78. The average molecular weight is 282 g/mol. The number of hydrogen-bond acceptors (Lipinski definition) is 4. The number of anilines is 1. The summed E-state index contributed by atoms with van der Waals surface area (Å²) in [5.41, 5.74) is 0.356. The van der Waals surface area contributed by atoms with E-state index in [9.17, 15) is 4.79 Å². The molecule has 1 aliphatic carbocycles. The number of rotatable bonds is 4. The maximum atomic E-state index is 11.4. The second-order valence-electron chi connectivity index (χ2n) is 5.21. The van der Waals surface area contributed by atoms with Crippen LogP contribution in [0.1, 0.15) is 25.7 Å². The quantitative estimate of drug-likeness (QED) is 0.835. The van der Waals surface area contributed by atoms with Crippen LogP contribution in [0, 0.1) is 5.41 Å². The lowest BCUT2D eigenvalue weighted by Crippen LogP contribution is -2.29. The van der Waals surface area contributed by atoms with Gasteiger partial charge in [0.05, 0.1) is 0 Å². The molecular weight excluding hydrogens is 266 g/mol. The van der Waals surface area contributed by atoms with E-state index in [1.165, 1.54) is 17.4 Å². The van der Waals surface area contributed by atoms with Crippen molar-refractivity contribution in [3.8, 4) is 0 Å². The minimum absolute atomic E-state index is 0.166. The number of fused-ring (bicyclic) bond motifs is 1. The fourth-order valence-corrected chi connectivity index (χ4v) is 3.02. The Hall–Kier alpha value is -1.56. The highest BCUT2D eigenvalue weighted by Crippen LogP contribution is 2.39. The number of hydrogen-bond donors (Lipinski definition) is 2. The van der Waals surface area contributed by atoms with Gasteiger partial charge in [-0.05, 0) is 25.0 Å². The first-order valence-electron chi connectivity index (χ1n) is 6.47. The van der Waals surface area contributed by atoms with E-state index in [2.05, 4.69) is 20.6 Å². The third-order valence-corrected chi connectivity index (χ3v) is 4.43. The van der Waals surface area contributed by atoms with Gasteiger partial charge in [0.15, 0.2) is 5.65 Å². The normalized spacial score (nSPS) is 17.9. The number of aromatic nitrogens is 4. The lowest BCUT2D eigenvalue weighted by atomic mass is 9.88. The van der Waals surface area contributed by atoms with Gasteiger partial charge in [-0.15, -0.1) is 16.7 Å². The van der Waals surface area contributed by atoms with Crippen LogP contribution in [0.4, 0.5) is 5.82 Å². The summed E-state index contributed by atoms with van der Waals surface area (Å²) in [5, 5.41) is 13.7. The highest BCUT2D eigenvalue weighted by molar-refractivity contribution is 6.18. The maximum Gasteiger partial charge on any atom is 0.364 e. The lowest BCUT2D eigenvalue weighted by molar-refractivity contribution is 0.368. The maximum absolute atomic E-state index is 11.4. The lowest BCUT2D eigenvalue weighted by Gasteiger charge is -2.26. The van der Waals surface area contributed by atoms with Crippen LogP contribution in [-0.4, -0.2) is 32.2 Å². The molecule has 19 heavy (non-hydrogen) atoms. The summed E-state index contributed by atoms with van der Waals surface area (Å²) in [5.74, 6) is 1.33. The fraction of sp³-hybridized carbons (Fsp3) is 0.583. The summed E-state index contributed by atoms with van der Waals surface area (Å²) in [7, 11) is 0. The number of nitrogens with zero attached hydrogens (tertiary/aromatic N) is 3. The molecule has 0 radical (unpaired) electrons. The van der Waals surface area contributed by atoms with E-state index in [0.29, 0.717) is 17.3 Å². The standard InChI is InChI=1S/C12H16ClN5O/c13-7-12(5-1-2-6-12)8-14-9-3-4-10-15-16-11(19)18(10)17-9/h3-4H,1-2,5-8H2,(H,14,17)(H,16,19). The fourth-order valence-electron chi connectivity index (χ4n) is 2.66. The molecule has 3 rings (SSSR count). The van der Waals surface area contributed by atoms with Crippen molar-refractivity contribution in [2.45, 2.75) is 25.7 Å². The SMILES string of the molecule is O=c1[nH]nc2ccc(NCC3(CCl)CCCC3)nn12. The van der Waals surface area contributed by atoms with Crippen LogP contribution in [0.25, 0.3) is 5.65 Å². The Morgan fingerprint density at radius 3 is 2.95 bits per heavy atom. The molecule has 102 valence electrons. The molecule has 0 aliphatic heterocycles. The minimum atomic E-state index is -0.327. The Bertz CT molecular complexity index is 628. The molecule has 0 atom stereocenters. The second-order valence-corrected chi connectivity index (χ2v) is 5.48. The largest absolute Gasteiger partial charge is 0.368 e. The molecule has 1 saturated carbocycles. The van der Waals surface area contributed by atoms with Crippen LogP contribution in [0.3, 0.4) is 0 Å². The molecule has 2 aromatic rings. The van der Waals surface area contributed by atoms with E-state index in [1.54, 1.807) is 6.07 Å². The Balaban J connectivity index is 1.77. The van der Waals surface area contributed by atoms with Gasteiger partial charge in [-0.25, -0.2) is 9.89 Å². The monoisotopic (exact) mass is 281 g/mol. The average Bonchev–Trinajstić information content (AvgIpc) is 3.05. The second kappa shape index (κ2) is 4.85. The first-order valence-corrected chi connectivity index (χ1v) is 7.00. The van der Waals surface area contributed by atoms with E-state index < -0.39 is 0 Å². The molecule has 0 bridgehead atoms. The molecule has 0 aromatic carbocycles. The summed E-state index contributed by atoms with van der Waals surface area (Å²) < 4.78 is 1.25. The van der Waals surface area contributed by atoms with E-state index in [0.717, 1.165) is 19.4 Å². The zero-order valence-corrected chi connectivity index (χ0v) is 11.3. The predicted octanol–water partition coefficient (Wildman–Crippen LogP) is 1.63. The van der Waals surface area contributed by atoms with Crippen molar-refractivity contribution in [2.24, 2.45) is 5.41 Å². The molecule has 0 amide bonds. The van der Waals surface area contributed by atoms with Gasteiger partial charge in [-0.2, -0.15) is 9.61 Å². The van der Waals surface area contributed by atoms with Gasteiger partial charge in [0.2, 0.25) is 0 Å². The van der Waals surface area contributed by atoms with Gasteiger partial charge in [0.1, 0.15) is 5.82 Å². The highest BCUT2D eigenvalue weighted by atomic mass is 35.5. The topological polar surface area (TPSA) is 75.1 Å². The van der Waals surface area contributed by atoms with Crippen LogP contribution in [0.2, 0.25) is 0 Å². The molecular formula is C12H16ClN5O. The molecule has 6 nitrogen and oxygen atoms in total. The number of nitrogens with one attached hydrogen (secondary N) is 2. The van der Waals surface area contributed by atoms with Gasteiger partial charge in [-0.1, -0.05) is 12.8 Å². The zero-order valence-electron chi connectivity index (χ0n) is 10.5. The van der Waals surface area contributed by atoms with Crippen LogP contribution >= 0.6 is 11.6 Å². The predicted molar refractivity (Wildman–Crippen MR) is 73.7 cm³/mol. The van der Waals surface area contributed by atoms with Crippen molar-refractivity contribution in [1.29, 1.82) is 0 Å². The van der Waals surface area contributed by atoms with Crippen molar-refractivity contribution in [1.82, 2.24) is 19.8 Å². The first-order chi connectivity index (χ1) is 9.22. The van der Waals surface area contributed by atoms with Gasteiger partial charge in [0.25, 0.3) is 0 Å². The Morgan fingerprint density at radius 1 is 1.42 bits per heavy atom. The molecule has 1 fully saturated rings. The van der Waals surface area contributed by atoms with Gasteiger partial charge in [0, 0.05) is 17.8 Å². The van der Waals surface area contributed by atoms with Gasteiger partial charge in [-0.3, -0.25) is 0 Å². The third kappa shape index (κ3) is 2.32. The molecule has 2 aromatic heterocycles. The molecule has 7 heteroatoms. The number of halogens is 1. The van der Waals surface area contributed by atoms with Crippen molar-refractivity contribution >= 4 is 23.1 Å². The first kappa shape index (κ1) is 12.5. The molecule has 0 unspecified atom stereocenters. The van der Waals surface area contributed by atoms with Gasteiger partial charge >= 0.3 is 5.69 Å².